The molecule has 0 saturated heterocycles. The van der Waals surface area contributed by atoms with Gasteiger partial charge in [-0.25, -0.2) is 0 Å². The Bertz CT molecular complexity index is 778. The highest BCUT2D eigenvalue weighted by Gasteiger charge is 2.32. The average molecular weight is 285 g/mol. The summed E-state index contributed by atoms with van der Waals surface area (Å²) in [6, 6.07) is 14.6. The van der Waals surface area contributed by atoms with Crippen molar-refractivity contribution in [3.8, 4) is 0 Å². The zero-order chi connectivity index (χ0) is 14.9. The minimum atomic E-state index is -2.97. The highest BCUT2D eigenvalue weighted by Crippen LogP contribution is 2.31. The summed E-state index contributed by atoms with van der Waals surface area (Å²) in [5.41, 5.74) is 1.10. The molecule has 0 amide bonds. The van der Waals surface area contributed by atoms with Crippen LogP contribution in [0.1, 0.15) is 15.9 Å². The average Bonchev–Trinajstić information content (AvgIpc) is 2.90. The van der Waals surface area contributed by atoms with E-state index in [0.717, 1.165) is 5.39 Å². The number of nitrogens with zero attached hydrogens (tertiary/aromatic N) is 1. The topological polar surface area (TPSA) is 22.0 Å². The van der Waals surface area contributed by atoms with E-state index in [1.807, 2.05) is 0 Å². The van der Waals surface area contributed by atoms with Crippen LogP contribution in [0.5, 0.6) is 0 Å². The van der Waals surface area contributed by atoms with Crippen LogP contribution in [-0.2, 0) is 12.5 Å². The molecule has 0 unspecified atom stereocenters. The molecule has 0 aliphatic heterocycles. The van der Waals surface area contributed by atoms with Gasteiger partial charge in [0.1, 0.15) is 6.29 Å². The lowest BCUT2D eigenvalue weighted by Gasteiger charge is -2.18. The van der Waals surface area contributed by atoms with E-state index in [9.17, 15) is 13.6 Å². The lowest BCUT2D eigenvalue weighted by Crippen LogP contribution is -2.20. The molecule has 2 aromatic carbocycles. The molecule has 0 spiro atoms. The number of hydrogen-bond acceptors (Lipinski definition) is 1. The Morgan fingerprint density at radius 3 is 2.52 bits per heavy atom. The van der Waals surface area contributed by atoms with Crippen LogP contribution in [0.4, 0.5) is 8.78 Å². The summed E-state index contributed by atoms with van der Waals surface area (Å²) < 4.78 is 30.2. The third-order valence-electron chi connectivity index (χ3n) is 3.50. The Balaban J connectivity index is 1.99. The summed E-state index contributed by atoms with van der Waals surface area (Å²) >= 11 is 0. The van der Waals surface area contributed by atoms with E-state index in [4.69, 9.17) is 0 Å². The molecule has 106 valence electrons. The number of fused-ring (bicyclic) bond motifs is 1. The van der Waals surface area contributed by atoms with Crippen molar-refractivity contribution >= 4 is 17.2 Å². The molecule has 0 atom stereocenters. The Kier molecular flexibility index (Phi) is 3.29. The minimum absolute atomic E-state index is 0.0154. The van der Waals surface area contributed by atoms with Crippen molar-refractivity contribution in [3.63, 3.8) is 0 Å². The molecule has 3 rings (SSSR count). The zero-order valence-corrected chi connectivity index (χ0v) is 11.2. The second kappa shape index (κ2) is 5.13. The number of rotatable bonds is 4. The Morgan fingerprint density at radius 2 is 1.81 bits per heavy atom. The first-order valence-corrected chi connectivity index (χ1v) is 6.57. The van der Waals surface area contributed by atoms with Crippen molar-refractivity contribution in [2.75, 3.05) is 0 Å². The maximum absolute atomic E-state index is 14.3. The number of carbonyl (C=O) groups excluding carboxylic acids is 1. The summed E-state index contributed by atoms with van der Waals surface area (Å²) in [7, 11) is 0. The van der Waals surface area contributed by atoms with Gasteiger partial charge in [-0.05, 0) is 17.5 Å². The molecule has 21 heavy (non-hydrogen) atoms. The molecule has 4 heteroatoms. The molecule has 0 fully saturated rings. The summed E-state index contributed by atoms with van der Waals surface area (Å²) in [6.45, 7) is -0.456. The summed E-state index contributed by atoms with van der Waals surface area (Å²) in [5.74, 6) is -2.97. The molecule has 1 aromatic heterocycles. The fraction of sp³-hybridized carbons (Fsp3) is 0.118. The molecule has 0 saturated carbocycles. The third-order valence-corrected chi connectivity index (χ3v) is 3.50. The minimum Gasteiger partial charge on any atom is -0.341 e. The van der Waals surface area contributed by atoms with Gasteiger partial charge in [-0.1, -0.05) is 42.5 Å². The van der Waals surface area contributed by atoms with Crippen LogP contribution in [0.25, 0.3) is 10.9 Å². The molecular formula is C17H13F2NO. The van der Waals surface area contributed by atoms with Crippen molar-refractivity contribution in [2.24, 2.45) is 0 Å². The number of halogens is 2. The van der Waals surface area contributed by atoms with E-state index in [1.54, 1.807) is 48.7 Å². The van der Waals surface area contributed by atoms with Crippen LogP contribution < -0.4 is 0 Å². The molecule has 2 nitrogen and oxygen atoms in total. The lowest BCUT2D eigenvalue weighted by atomic mass is 10.1. The smallest absolute Gasteiger partial charge is 0.290 e. The molecule has 1 heterocycles. The van der Waals surface area contributed by atoms with E-state index >= 15 is 0 Å². The van der Waals surface area contributed by atoms with Gasteiger partial charge in [0.15, 0.2) is 0 Å². The quantitative estimate of drug-likeness (QED) is 0.657. The molecule has 0 N–H and O–H groups in total. The van der Waals surface area contributed by atoms with Gasteiger partial charge in [-0.15, -0.1) is 0 Å². The number of benzene rings is 2. The molecule has 0 aliphatic rings. The van der Waals surface area contributed by atoms with Crippen LogP contribution >= 0.6 is 0 Å². The predicted octanol–water partition coefficient (Wildman–Crippen LogP) is 4.25. The van der Waals surface area contributed by atoms with Gasteiger partial charge in [0, 0.05) is 22.8 Å². The second-order valence-corrected chi connectivity index (χ2v) is 4.95. The van der Waals surface area contributed by atoms with E-state index in [2.05, 4.69) is 0 Å². The van der Waals surface area contributed by atoms with Crippen LogP contribution in [0.15, 0.2) is 60.8 Å². The first-order valence-electron chi connectivity index (χ1n) is 6.57. The van der Waals surface area contributed by atoms with Gasteiger partial charge in [0.25, 0.3) is 5.92 Å². The highest BCUT2D eigenvalue weighted by molar-refractivity contribution is 5.87. The Morgan fingerprint density at radius 1 is 1.05 bits per heavy atom. The van der Waals surface area contributed by atoms with Crippen molar-refractivity contribution in [1.82, 2.24) is 4.57 Å². The van der Waals surface area contributed by atoms with Gasteiger partial charge in [0.05, 0.1) is 6.54 Å². The summed E-state index contributed by atoms with van der Waals surface area (Å²) in [4.78, 5) is 10.8. The number of aromatic nitrogens is 1. The van der Waals surface area contributed by atoms with E-state index < -0.39 is 12.5 Å². The first kappa shape index (κ1) is 13.5. The number of alkyl halides is 2. The highest BCUT2D eigenvalue weighted by atomic mass is 19.3. The number of carbonyl (C=O) groups is 1. The van der Waals surface area contributed by atoms with Gasteiger partial charge in [-0.2, -0.15) is 8.78 Å². The fourth-order valence-electron chi connectivity index (χ4n) is 2.40. The van der Waals surface area contributed by atoms with Crippen molar-refractivity contribution in [2.45, 2.75) is 12.5 Å². The van der Waals surface area contributed by atoms with Gasteiger partial charge in [0.2, 0.25) is 0 Å². The van der Waals surface area contributed by atoms with Crippen molar-refractivity contribution < 1.29 is 13.6 Å². The number of hydrogen-bond donors (Lipinski definition) is 0. The number of aldehydes is 1. The second-order valence-electron chi connectivity index (χ2n) is 4.95. The Hall–Kier alpha value is -2.49. The Labute approximate surface area is 120 Å². The molecule has 0 radical (unpaired) electrons. The third kappa shape index (κ3) is 2.57. The van der Waals surface area contributed by atoms with E-state index in [-0.39, 0.29) is 5.56 Å². The fourth-order valence-corrected chi connectivity index (χ4v) is 2.40. The van der Waals surface area contributed by atoms with E-state index in [0.29, 0.717) is 17.4 Å². The van der Waals surface area contributed by atoms with Crippen LogP contribution in [-0.4, -0.2) is 10.9 Å². The zero-order valence-electron chi connectivity index (χ0n) is 11.2. The standard InChI is InChI=1S/C17H13F2NO/c18-17(19,15-4-2-1-3-5-15)12-20-9-8-14-7-6-13(11-21)10-16(14)20/h1-11H,12H2. The molecule has 3 aromatic rings. The first-order chi connectivity index (χ1) is 10.1. The normalized spacial score (nSPS) is 11.7. The van der Waals surface area contributed by atoms with Crippen molar-refractivity contribution in [3.05, 3.63) is 71.9 Å². The monoisotopic (exact) mass is 285 g/mol. The lowest BCUT2D eigenvalue weighted by molar-refractivity contribution is -0.0211. The van der Waals surface area contributed by atoms with Gasteiger partial charge < -0.3 is 4.57 Å². The largest absolute Gasteiger partial charge is 0.341 e. The molecule has 0 aliphatic carbocycles. The molecular weight excluding hydrogens is 272 g/mol. The van der Waals surface area contributed by atoms with Gasteiger partial charge in [-0.3, -0.25) is 4.79 Å². The summed E-state index contributed by atoms with van der Waals surface area (Å²) in [5, 5.41) is 0.837. The van der Waals surface area contributed by atoms with Gasteiger partial charge >= 0.3 is 0 Å². The SMILES string of the molecule is O=Cc1ccc2ccn(CC(F)(F)c3ccccc3)c2c1. The summed E-state index contributed by atoms with van der Waals surface area (Å²) in [6.07, 6.45) is 2.34. The van der Waals surface area contributed by atoms with Crippen molar-refractivity contribution in [1.29, 1.82) is 0 Å². The van der Waals surface area contributed by atoms with Crippen LogP contribution in [0.2, 0.25) is 0 Å². The molecule has 0 bridgehead atoms. The van der Waals surface area contributed by atoms with E-state index in [1.165, 1.54) is 16.7 Å². The predicted molar refractivity (Wildman–Crippen MR) is 77.7 cm³/mol. The maximum Gasteiger partial charge on any atom is 0.290 e. The van der Waals surface area contributed by atoms with Crippen LogP contribution in [0.3, 0.4) is 0 Å². The van der Waals surface area contributed by atoms with Crippen LogP contribution in [0, 0.1) is 0 Å². The maximum atomic E-state index is 14.3.